The van der Waals surface area contributed by atoms with Gasteiger partial charge in [0.15, 0.2) is 0 Å². The van der Waals surface area contributed by atoms with Crippen molar-refractivity contribution in [2.75, 3.05) is 5.32 Å². The Bertz CT molecular complexity index is 621. The molecule has 1 unspecified atom stereocenters. The molecule has 1 aliphatic rings. The third-order valence-electron chi connectivity index (χ3n) is 4.27. The number of nitrogens with two attached hydrogens (primary N) is 1. The molecule has 2 rings (SSSR count). The Morgan fingerprint density at radius 2 is 1.86 bits per heavy atom. The summed E-state index contributed by atoms with van der Waals surface area (Å²) < 4.78 is 22.4. The van der Waals surface area contributed by atoms with Gasteiger partial charge in [-0.25, -0.2) is 13.6 Å². The van der Waals surface area contributed by atoms with Gasteiger partial charge in [0.2, 0.25) is 15.9 Å². The van der Waals surface area contributed by atoms with Crippen LogP contribution < -0.4 is 10.5 Å². The van der Waals surface area contributed by atoms with Crippen molar-refractivity contribution >= 4 is 21.6 Å². The molecule has 3 N–H and O–H groups in total. The van der Waals surface area contributed by atoms with Gasteiger partial charge in [-0.3, -0.25) is 4.79 Å². The lowest BCUT2D eigenvalue weighted by molar-refractivity contribution is -0.124. The lowest BCUT2D eigenvalue weighted by Crippen LogP contribution is -2.37. The van der Waals surface area contributed by atoms with Crippen molar-refractivity contribution < 1.29 is 13.2 Å². The van der Waals surface area contributed by atoms with Crippen LogP contribution in [0, 0.1) is 11.3 Å². The van der Waals surface area contributed by atoms with Gasteiger partial charge in [-0.15, -0.1) is 0 Å². The average molecular weight is 310 g/mol. The number of hydrogen-bond acceptors (Lipinski definition) is 3. The van der Waals surface area contributed by atoms with Crippen molar-refractivity contribution in [3.63, 3.8) is 0 Å². The molecule has 1 aromatic carbocycles. The molecule has 1 atom stereocenters. The zero-order valence-corrected chi connectivity index (χ0v) is 13.2. The molecule has 0 saturated heterocycles. The maximum absolute atomic E-state index is 12.4. The van der Waals surface area contributed by atoms with Crippen LogP contribution in [-0.4, -0.2) is 14.3 Å². The number of primary sulfonamides is 1. The lowest BCUT2D eigenvalue weighted by atomic mass is 9.68. The van der Waals surface area contributed by atoms with Crippen molar-refractivity contribution in [1.29, 1.82) is 0 Å². The molecule has 1 aromatic rings. The Kier molecular flexibility index (Phi) is 4.39. The highest BCUT2D eigenvalue weighted by atomic mass is 32.2. The van der Waals surface area contributed by atoms with Crippen LogP contribution in [0.25, 0.3) is 0 Å². The summed E-state index contributed by atoms with van der Waals surface area (Å²) in [6, 6.07) is 5.93. The molecule has 116 valence electrons. The molecule has 0 bridgehead atoms. The van der Waals surface area contributed by atoms with Crippen LogP contribution in [0.5, 0.6) is 0 Å². The summed E-state index contributed by atoms with van der Waals surface area (Å²) in [6.07, 6.45) is 4.19. The minimum Gasteiger partial charge on any atom is -0.326 e. The minimum atomic E-state index is -3.70. The average Bonchev–Trinajstić information content (AvgIpc) is 2.37. The zero-order valence-electron chi connectivity index (χ0n) is 12.4. The van der Waals surface area contributed by atoms with Crippen LogP contribution in [0.1, 0.15) is 39.5 Å². The van der Waals surface area contributed by atoms with Crippen molar-refractivity contribution in [3.05, 3.63) is 24.3 Å². The molecule has 6 heteroatoms. The molecule has 0 radical (unpaired) electrons. The maximum Gasteiger partial charge on any atom is 0.238 e. The van der Waals surface area contributed by atoms with Crippen molar-refractivity contribution in [1.82, 2.24) is 0 Å². The SMILES string of the molecule is CC1(C)CCCCC1C(=O)Nc1ccc(S(N)(=O)=O)cc1. The van der Waals surface area contributed by atoms with E-state index in [4.69, 9.17) is 5.14 Å². The van der Waals surface area contributed by atoms with Gasteiger partial charge in [-0.1, -0.05) is 26.7 Å². The number of benzene rings is 1. The van der Waals surface area contributed by atoms with Gasteiger partial charge in [0, 0.05) is 11.6 Å². The monoisotopic (exact) mass is 310 g/mol. The fourth-order valence-corrected chi connectivity index (χ4v) is 3.45. The summed E-state index contributed by atoms with van der Waals surface area (Å²) in [5, 5.41) is 7.92. The van der Waals surface area contributed by atoms with E-state index in [0.29, 0.717) is 5.69 Å². The van der Waals surface area contributed by atoms with Gasteiger partial charge in [-0.05, 0) is 42.5 Å². The maximum atomic E-state index is 12.4. The first-order valence-electron chi connectivity index (χ1n) is 7.14. The smallest absolute Gasteiger partial charge is 0.238 e. The topological polar surface area (TPSA) is 89.3 Å². The summed E-state index contributed by atoms with van der Waals surface area (Å²) >= 11 is 0. The minimum absolute atomic E-state index is 0.00283. The van der Waals surface area contributed by atoms with Gasteiger partial charge in [-0.2, -0.15) is 0 Å². The van der Waals surface area contributed by atoms with E-state index in [1.807, 2.05) is 0 Å². The van der Waals surface area contributed by atoms with E-state index >= 15 is 0 Å². The molecular weight excluding hydrogens is 288 g/mol. The van der Waals surface area contributed by atoms with Crippen molar-refractivity contribution in [2.24, 2.45) is 16.5 Å². The van der Waals surface area contributed by atoms with Crippen LogP contribution in [-0.2, 0) is 14.8 Å². The first-order chi connectivity index (χ1) is 9.70. The van der Waals surface area contributed by atoms with E-state index in [-0.39, 0.29) is 22.1 Å². The summed E-state index contributed by atoms with van der Waals surface area (Å²) in [5.74, 6) is -0.00720. The van der Waals surface area contributed by atoms with Gasteiger partial charge in [0.05, 0.1) is 4.90 Å². The van der Waals surface area contributed by atoms with E-state index in [1.165, 1.54) is 18.6 Å². The summed E-state index contributed by atoms with van der Waals surface area (Å²) in [4.78, 5) is 12.5. The first-order valence-corrected chi connectivity index (χ1v) is 8.68. The molecule has 5 nitrogen and oxygen atoms in total. The van der Waals surface area contributed by atoms with E-state index in [0.717, 1.165) is 19.3 Å². The molecular formula is C15H22N2O3S. The molecule has 1 aliphatic carbocycles. The van der Waals surface area contributed by atoms with Crippen molar-refractivity contribution in [2.45, 2.75) is 44.4 Å². The summed E-state index contributed by atoms with van der Waals surface area (Å²) in [6.45, 7) is 4.25. The second-order valence-corrected chi connectivity index (χ2v) is 7.91. The molecule has 1 amide bonds. The number of carbonyl (C=O) groups is 1. The van der Waals surface area contributed by atoms with Crippen LogP contribution in [0.4, 0.5) is 5.69 Å². The van der Waals surface area contributed by atoms with Crippen LogP contribution in [0.2, 0.25) is 0 Å². The number of amides is 1. The standard InChI is InChI=1S/C15H22N2O3S/c1-15(2)10-4-3-5-13(15)14(18)17-11-6-8-12(9-7-11)21(16,19)20/h6-9,13H,3-5,10H2,1-2H3,(H,17,18)(H2,16,19,20). The molecule has 1 saturated carbocycles. The number of nitrogens with one attached hydrogen (secondary N) is 1. The van der Waals surface area contributed by atoms with Gasteiger partial charge in [0.1, 0.15) is 0 Å². The molecule has 0 heterocycles. The molecule has 0 aliphatic heterocycles. The van der Waals surface area contributed by atoms with Crippen LogP contribution >= 0.6 is 0 Å². The highest BCUT2D eigenvalue weighted by Gasteiger charge is 2.37. The normalized spacial score (nSPS) is 21.8. The number of sulfonamides is 1. The van der Waals surface area contributed by atoms with Crippen LogP contribution in [0.3, 0.4) is 0 Å². The Hall–Kier alpha value is -1.40. The van der Waals surface area contributed by atoms with Gasteiger partial charge in [0.25, 0.3) is 0 Å². The van der Waals surface area contributed by atoms with Crippen LogP contribution in [0.15, 0.2) is 29.2 Å². The zero-order chi connectivity index (χ0) is 15.7. The third-order valence-corrected chi connectivity index (χ3v) is 5.20. The molecule has 0 spiro atoms. The molecule has 21 heavy (non-hydrogen) atoms. The Morgan fingerprint density at radius 1 is 1.24 bits per heavy atom. The first kappa shape index (κ1) is 16.0. The fourth-order valence-electron chi connectivity index (χ4n) is 2.94. The quantitative estimate of drug-likeness (QED) is 0.898. The lowest BCUT2D eigenvalue weighted by Gasteiger charge is -2.37. The second-order valence-electron chi connectivity index (χ2n) is 6.35. The Morgan fingerprint density at radius 3 is 2.38 bits per heavy atom. The van der Waals surface area contributed by atoms with E-state index in [9.17, 15) is 13.2 Å². The number of rotatable bonds is 3. The Balaban J connectivity index is 2.09. The largest absolute Gasteiger partial charge is 0.326 e. The number of hydrogen-bond donors (Lipinski definition) is 2. The highest BCUT2D eigenvalue weighted by molar-refractivity contribution is 7.89. The number of carbonyl (C=O) groups excluding carboxylic acids is 1. The number of anilines is 1. The van der Waals surface area contributed by atoms with E-state index in [1.54, 1.807) is 12.1 Å². The van der Waals surface area contributed by atoms with E-state index in [2.05, 4.69) is 19.2 Å². The second kappa shape index (κ2) is 5.77. The van der Waals surface area contributed by atoms with Crippen molar-refractivity contribution in [3.8, 4) is 0 Å². The predicted octanol–water partition coefficient (Wildman–Crippen LogP) is 2.49. The fraction of sp³-hybridized carbons (Fsp3) is 0.533. The highest BCUT2D eigenvalue weighted by Crippen LogP contribution is 2.41. The predicted molar refractivity (Wildman–Crippen MR) is 82.2 cm³/mol. The summed E-state index contributed by atoms with van der Waals surface area (Å²) in [5.41, 5.74) is 0.594. The molecule has 0 aromatic heterocycles. The summed E-state index contributed by atoms with van der Waals surface area (Å²) in [7, 11) is -3.70. The van der Waals surface area contributed by atoms with Gasteiger partial charge >= 0.3 is 0 Å². The Labute approximate surface area is 126 Å². The molecule has 1 fully saturated rings. The van der Waals surface area contributed by atoms with Gasteiger partial charge < -0.3 is 5.32 Å². The van der Waals surface area contributed by atoms with E-state index < -0.39 is 10.0 Å². The third kappa shape index (κ3) is 3.83.